The smallest absolute Gasteiger partial charge is 0.410 e. The van der Waals surface area contributed by atoms with Crippen molar-refractivity contribution in [1.29, 1.82) is 0 Å². The number of hydrogen-bond acceptors (Lipinski definition) is 9. The van der Waals surface area contributed by atoms with Crippen molar-refractivity contribution in [3.05, 3.63) is 18.2 Å². The summed E-state index contributed by atoms with van der Waals surface area (Å²) in [6, 6.07) is 5.27. The molecule has 1 heterocycles. The van der Waals surface area contributed by atoms with E-state index in [1.165, 1.54) is 4.90 Å². The molecule has 1 aliphatic rings. The Hall–Kier alpha value is -3.57. The van der Waals surface area contributed by atoms with Crippen molar-refractivity contribution < 1.29 is 28.6 Å². The zero-order valence-electron chi connectivity index (χ0n) is 26.3. The number of hydrogen-bond donors (Lipinski definition) is 2. The van der Waals surface area contributed by atoms with Crippen molar-refractivity contribution in [2.24, 2.45) is 0 Å². The summed E-state index contributed by atoms with van der Waals surface area (Å²) < 4.78 is 17.0. The summed E-state index contributed by atoms with van der Waals surface area (Å²) in [6.07, 6.45) is -1.50. The Bertz CT molecular complexity index is 1020. The average molecular weight is 579 g/mol. The first-order chi connectivity index (χ1) is 18.7. The van der Waals surface area contributed by atoms with Gasteiger partial charge in [-0.2, -0.15) is 0 Å². The van der Waals surface area contributed by atoms with Crippen LogP contribution in [0.5, 0.6) is 0 Å². The molecule has 0 atom stereocenters. The molecule has 1 aromatic carbocycles. The van der Waals surface area contributed by atoms with Gasteiger partial charge in [-0.1, -0.05) is 0 Å². The highest BCUT2D eigenvalue weighted by Gasteiger charge is 2.29. The minimum absolute atomic E-state index is 0.181. The summed E-state index contributed by atoms with van der Waals surface area (Å²) in [6.45, 7) is 18.3. The van der Waals surface area contributed by atoms with Gasteiger partial charge in [0.2, 0.25) is 0 Å². The number of nitrogen functional groups attached to an aromatic ring is 2. The van der Waals surface area contributed by atoms with Gasteiger partial charge in [0, 0.05) is 58.0 Å². The average Bonchev–Trinajstić information content (AvgIpc) is 2.76. The number of nitrogens with zero attached hydrogens (tertiary/aromatic N) is 4. The van der Waals surface area contributed by atoms with E-state index in [0.29, 0.717) is 24.5 Å². The summed E-state index contributed by atoms with van der Waals surface area (Å²) in [7, 11) is 0. The largest absolute Gasteiger partial charge is 0.444 e. The SMILES string of the molecule is CC(C)(C)OC(=O)N1CCN(C(=O)OC(C)(C)C)CCN(c2ccc(N)cc2N)CCN(C(=O)OC(C)(C)C)CC1. The molecule has 41 heavy (non-hydrogen) atoms. The first-order valence-electron chi connectivity index (χ1n) is 14.1. The van der Waals surface area contributed by atoms with Gasteiger partial charge < -0.3 is 45.3 Å². The van der Waals surface area contributed by atoms with Crippen LogP contribution in [-0.4, -0.2) is 102 Å². The fourth-order valence-corrected chi connectivity index (χ4v) is 4.04. The second-order valence-electron chi connectivity index (χ2n) is 13.2. The molecule has 0 radical (unpaired) electrons. The molecule has 4 N–H and O–H groups in total. The van der Waals surface area contributed by atoms with Crippen molar-refractivity contribution in [1.82, 2.24) is 14.7 Å². The topological polar surface area (TPSA) is 144 Å². The first-order valence-corrected chi connectivity index (χ1v) is 14.1. The third-order valence-corrected chi connectivity index (χ3v) is 5.91. The van der Waals surface area contributed by atoms with E-state index in [-0.39, 0.29) is 39.3 Å². The molecule has 0 aromatic heterocycles. The summed E-state index contributed by atoms with van der Waals surface area (Å²) in [5, 5.41) is 0. The lowest BCUT2D eigenvalue weighted by Gasteiger charge is -2.36. The molecule has 3 amide bonds. The summed E-state index contributed by atoms with van der Waals surface area (Å²) >= 11 is 0. The molecule has 0 saturated carbocycles. The number of nitrogens with two attached hydrogens (primary N) is 2. The van der Waals surface area contributed by atoms with Crippen LogP contribution in [0.2, 0.25) is 0 Å². The lowest BCUT2D eigenvalue weighted by atomic mass is 10.2. The van der Waals surface area contributed by atoms with E-state index in [0.717, 1.165) is 5.69 Å². The molecule has 1 aliphatic heterocycles. The van der Waals surface area contributed by atoms with Gasteiger partial charge in [0.15, 0.2) is 0 Å². The van der Waals surface area contributed by atoms with Crippen molar-refractivity contribution in [3.63, 3.8) is 0 Å². The van der Waals surface area contributed by atoms with Crippen LogP contribution in [0.15, 0.2) is 18.2 Å². The Morgan fingerprint density at radius 3 is 1.20 bits per heavy atom. The third-order valence-electron chi connectivity index (χ3n) is 5.91. The molecule has 1 aromatic rings. The summed E-state index contributed by atoms with van der Waals surface area (Å²) in [5.74, 6) is 0. The number of carbonyl (C=O) groups excluding carboxylic acids is 3. The lowest BCUT2D eigenvalue weighted by molar-refractivity contribution is 0.00807. The maximum Gasteiger partial charge on any atom is 0.410 e. The highest BCUT2D eigenvalue weighted by Crippen LogP contribution is 2.26. The van der Waals surface area contributed by atoms with Crippen LogP contribution in [0, 0.1) is 0 Å². The second kappa shape index (κ2) is 13.4. The highest BCUT2D eigenvalue weighted by atomic mass is 16.6. The van der Waals surface area contributed by atoms with Crippen LogP contribution in [0.1, 0.15) is 62.3 Å². The first kappa shape index (κ1) is 33.6. The minimum atomic E-state index is -0.712. The maximum absolute atomic E-state index is 13.2. The van der Waals surface area contributed by atoms with E-state index in [1.54, 1.807) is 84.2 Å². The normalized spacial score (nSPS) is 16.4. The van der Waals surface area contributed by atoms with E-state index >= 15 is 0 Å². The summed E-state index contributed by atoms with van der Waals surface area (Å²) in [5.41, 5.74) is 11.9. The molecule has 12 nitrogen and oxygen atoms in total. The third kappa shape index (κ3) is 11.8. The molecule has 1 fully saturated rings. The Morgan fingerprint density at radius 1 is 0.585 bits per heavy atom. The molecule has 232 valence electrons. The monoisotopic (exact) mass is 578 g/mol. The van der Waals surface area contributed by atoms with Crippen LogP contribution in [0.4, 0.5) is 31.4 Å². The van der Waals surface area contributed by atoms with E-state index in [4.69, 9.17) is 25.7 Å². The second-order valence-corrected chi connectivity index (χ2v) is 13.2. The van der Waals surface area contributed by atoms with Gasteiger partial charge in [-0.15, -0.1) is 0 Å². The van der Waals surface area contributed by atoms with Crippen LogP contribution >= 0.6 is 0 Å². The fourth-order valence-electron chi connectivity index (χ4n) is 4.04. The van der Waals surface area contributed by atoms with Gasteiger partial charge in [0.05, 0.1) is 11.4 Å². The van der Waals surface area contributed by atoms with Crippen LogP contribution in [0.3, 0.4) is 0 Å². The van der Waals surface area contributed by atoms with Crippen molar-refractivity contribution in [3.8, 4) is 0 Å². The maximum atomic E-state index is 13.2. The Kier molecular flexibility index (Phi) is 11.0. The number of benzene rings is 1. The molecule has 0 unspecified atom stereocenters. The number of amides is 3. The van der Waals surface area contributed by atoms with Crippen molar-refractivity contribution in [2.45, 2.75) is 79.1 Å². The molecular formula is C29H50N6O6. The highest BCUT2D eigenvalue weighted by molar-refractivity contribution is 5.73. The Morgan fingerprint density at radius 2 is 0.902 bits per heavy atom. The van der Waals surface area contributed by atoms with Gasteiger partial charge in [-0.25, -0.2) is 14.4 Å². The van der Waals surface area contributed by atoms with Crippen molar-refractivity contribution in [2.75, 3.05) is 68.7 Å². The molecular weight excluding hydrogens is 528 g/mol. The number of carbonyl (C=O) groups is 3. The zero-order chi connectivity index (χ0) is 31.2. The standard InChI is InChI=1S/C29H50N6O6/c1-27(2,3)39-24(36)33-14-12-32(23-11-10-21(30)20-22(23)31)13-15-34(25(37)40-28(4,5)6)17-19-35(18-16-33)26(38)41-29(7,8)9/h10-11,20H,12-19,30-31H2,1-9H3. The predicted molar refractivity (Wildman–Crippen MR) is 161 cm³/mol. The van der Waals surface area contributed by atoms with Gasteiger partial charge in [-0.3, -0.25) is 0 Å². The number of rotatable bonds is 1. The molecule has 0 spiro atoms. The molecule has 0 aliphatic carbocycles. The number of anilines is 3. The van der Waals surface area contributed by atoms with Crippen LogP contribution < -0.4 is 16.4 Å². The lowest BCUT2D eigenvalue weighted by Crippen LogP contribution is -2.51. The molecule has 1 saturated heterocycles. The van der Waals surface area contributed by atoms with Gasteiger partial charge in [0.1, 0.15) is 16.8 Å². The van der Waals surface area contributed by atoms with Gasteiger partial charge >= 0.3 is 18.3 Å². The number of ether oxygens (including phenoxy) is 3. The van der Waals surface area contributed by atoms with E-state index in [9.17, 15) is 14.4 Å². The van der Waals surface area contributed by atoms with Gasteiger partial charge in [0.25, 0.3) is 0 Å². The predicted octanol–water partition coefficient (Wildman–Crippen LogP) is 4.38. The van der Waals surface area contributed by atoms with E-state index in [1.807, 2.05) is 11.0 Å². The quantitative estimate of drug-likeness (QED) is 0.366. The minimum Gasteiger partial charge on any atom is -0.444 e. The van der Waals surface area contributed by atoms with Crippen LogP contribution in [0.25, 0.3) is 0 Å². The van der Waals surface area contributed by atoms with Crippen LogP contribution in [-0.2, 0) is 14.2 Å². The van der Waals surface area contributed by atoms with Crippen molar-refractivity contribution >= 4 is 35.3 Å². The zero-order valence-corrected chi connectivity index (χ0v) is 26.3. The molecule has 12 heteroatoms. The Labute approximate surface area is 244 Å². The Balaban J connectivity index is 2.44. The molecule has 0 bridgehead atoms. The van der Waals surface area contributed by atoms with E-state index < -0.39 is 35.1 Å². The van der Waals surface area contributed by atoms with E-state index in [2.05, 4.69) is 0 Å². The fraction of sp³-hybridized carbons (Fsp3) is 0.690. The molecule has 2 rings (SSSR count). The summed E-state index contributed by atoms with van der Waals surface area (Å²) in [4.78, 5) is 46.2. The van der Waals surface area contributed by atoms with Gasteiger partial charge in [-0.05, 0) is 80.5 Å².